The quantitative estimate of drug-likeness (QED) is 0.187. The number of allylic oxidation sites excluding steroid dienone is 2. The molecule has 0 aliphatic heterocycles. The zero-order chi connectivity index (χ0) is 23.7. The highest BCUT2D eigenvalue weighted by Crippen LogP contribution is 2.24. The highest BCUT2D eigenvalue weighted by atomic mass is 16.4. The third-order valence-corrected chi connectivity index (χ3v) is 6.06. The van der Waals surface area contributed by atoms with Gasteiger partial charge in [-0.15, -0.1) is 0 Å². The summed E-state index contributed by atoms with van der Waals surface area (Å²) in [7, 11) is 0. The molecule has 0 heterocycles. The van der Waals surface area contributed by atoms with Gasteiger partial charge < -0.3 is 10.4 Å². The van der Waals surface area contributed by atoms with Crippen molar-refractivity contribution in [2.75, 3.05) is 5.32 Å². The molecule has 0 bridgehead atoms. The Hall–Kier alpha value is -2.62. The van der Waals surface area contributed by atoms with Crippen molar-refractivity contribution in [3.63, 3.8) is 0 Å². The number of carbonyl (C=O) groups is 2. The van der Waals surface area contributed by atoms with E-state index in [0.717, 1.165) is 36.5 Å². The van der Waals surface area contributed by atoms with Gasteiger partial charge >= 0.3 is 5.97 Å². The lowest BCUT2D eigenvalue weighted by Crippen LogP contribution is -2.14. The van der Waals surface area contributed by atoms with Crippen molar-refractivity contribution in [2.45, 2.75) is 96.8 Å². The lowest BCUT2D eigenvalue weighted by Gasteiger charge is -2.10. The van der Waals surface area contributed by atoms with Gasteiger partial charge in [-0.3, -0.25) is 4.79 Å². The first-order valence-electron chi connectivity index (χ1n) is 12.8. The van der Waals surface area contributed by atoms with E-state index in [2.05, 4.69) is 24.4 Å². The number of unbranched alkanes of at least 4 members (excludes halogenated alkanes) is 11. The Kier molecular flexibility index (Phi) is 13.0. The number of amides is 1. The number of benzene rings is 2. The first-order valence-corrected chi connectivity index (χ1v) is 12.8. The number of fused-ring (bicyclic) bond motifs is 1. The van der Waals surface area contributed by atoms with Crippen molar-refractivity contribution in [3.05, 3.63) is 54.1 Å². The van der Waals surface area contributed by atoms with E-state index < -0.39 is 5.97 Å². The summed E-state index contributed by atoms with van der Waals surface area (Å²) >= 11 is 0. The van der Waals surface area contributed by atoms with Crippen LogP contribution in [-0.4, -0.2) is 17.0 Å². The Balaban J connectivity index is 1.56. The zero-order valence-electron chi connectivity index (χ0n) is 20.3. The molecule has 2 aromatic carbocycles. The summed E-state index contributed by atoms with van der Waals surface area (Å²) in [6.45, 7) is 2.26. The number of hydrogen-bond acceptors (Lipinski definition) is 2. The van der Waals surface area contributed by atoms with E-state index in [9.17, 15) is 14.7 Å². The predicted octanol–water partition coefficient (Wildman–Crippen LogP) is 8.51. The summed E-state index contributed by atoms with van der Waals surface area (Å²) in [5, 5.41) is 14.1. The van der Waals surface area contributed by atoms with E-state index in [4.69, 9.17) is 0 Å². The maximum Gasteiger partial charge on any atom is 0.337 e. The number of hydrogen-bond donors (Lipinski definition) is 2. The van der Waals surface area contributed by atoms with E-state index in [1.54, 1.807) is 12.1 Å². The smallest absolute Gasteiger partial charge is 0.337 e. The topological polar surface area (TPSA) is 66.4 Å². The fourth-order valence-electron chi connectivity index (χ4n) is 4.09. The van der Waals surface area contributed by atoms with Gasteiger partial charge in [0.15, 0.2) is 0 Å². The maximum absolute atomic E-state index is 12.3. The molecule has 0 saturated carbocycles. The number of carboxylic acids is 1. The summed E-state index contributed by atoms with van der Waals surface area (Å²) in [5.41, 5.74) is 0.505. The highest BCUT2D eigenvalue weighted by molar-refractivity contribution is 6.05. The van der Waals surface area contributed by atoms with E-state index in [1.807, 2.05) is 24.3 Å². The molecule has 0 aliphatic rings. The second-order valence-electron chi connectivity index (χ2n) is 8.93. The molecule has 1 amide bonds. The third kappa shape index (κ3) is 10.7. The predicted molar refractivity (Wildman–Crippen MR) is 139 cm³/mol. The normalized spacial score (nSPS) is 11.3. The minimum Gasteiger partial charge on any atom is -0.478 e. The molecule has 2 rings (SSSR count). The molecule has 2 N–H and O–H groups in total. The minimum atomic E-state index is -1.03. The average molecular weight is 452 g/mol. The molecule has 2 aromatic rings. The van der Waals surface area contributed by atoms with Gasteiger partial charge in [-0.2, -0.15) is 0 Å². The monoisotopic (exact) mass is 451 g/mol. The Morgan fingerprint density at radius 3 is 1.94 bits per heavy atom. The van der Waals surface area contributed by atoms with Crippen molar-refractivity contribution in [2.24, 2.45) is 0 Å². The number of carboxylic acid groups (broad SMARTS) is 1. The van der Waals surface area contributed by atoms with E-state index in [0.29, 0.717) is 12.1 Å². The molecule has 33 heavy (non-hydrogen) atoms. The molecular formula is C29H41NO3. The van der Waals surface area contributed by atoms with Gasteiger partial charge in [-0.1, -0.05) is 94.7 Å². The number of carbonyl (C=O) groups excluding carboxylic acids is 1. The van der Waals surface area contributed by atoms with E-state index >= 15 is 0 Å². The molecule has 0 aromatic heterocycles. The molecule has 4 heteroatoms. The Bertz CT molecular complexity index is 888. The van der Waals surface area contributed by atoms with Crippen LogP contribution in [0, 0.1) is 0 Å². The van der Waals surface area contributed by atoms with Crippen LogP contribution in [0.5, 0.6) is 0 Å². The van der Waals surface area contributed by atoms with Crippen LogP contribution in [0.4, 0.5) is 5.69 Å². The van der Waals surface area contributed by atoms with Crippen LogP contribution in [-0.2, 0) is 4.79 Å². The average Bonchev–Trinajstić information content (AvgIpc) is 2.81. The zero-order valence-corrected chi connectivity index (χ0v) is 20.3. The second-order valence-corrected chi connectivity index (χ2v) is 8.93. The van der Waals surface area contributed by atoms with Gasteiger partial charge in [-0.05, 0) is 55.0 Å². The minimum absolute atomic E-state index is 0.120. The molecule has 0 fully saturated rings. The van der Waals surface area contributed by atoms with Crippen molar-refractivity contribution in [1.82, 2.24) is 0 Å². The van der Waals surface area contributed by atoms with Crippen LogP contribution in [0.1, 0.15) is 107 Å². The van der Waals surface area contributed by atoms with E-state index in [1.165, 1.54) is 57.8 Å². The summed E-state index contributed by atoms with van der Waals surface area (Å²) in [6.07, 6.45) is 20.9. The van der Waals surface area contributed by atoms with Gasteiger partial charge in [-0.25, -0.2) is 4.79 Å². The summed E-state index contributed by atoms with van der Waals surface area (Å²) in [4.78, 5) is 23.9. The summed E-state index contributed by atoms with van der Waals surface area (Å²) in [6, 6.07) is 10.9. The lowest BCUT2D eigenvalue weighted by atomic mass is 10.0. The van der Waals surface area contributed by atoms with Gasteiger partial charge in [0.05, 0.1) is 11.3 Å². The fourth-order valence-corrected chi connectivity index (χ4v) is 4.09. The van der Waals surface area contributed by atoms with Gasteiger partial charge in [0.25, 0.3) is 0 Å². The van der Waals surface area contributed by atoms with Crippen LogP contribution in [0.2, 0.25) is 0 Å². The molecule has 0 aliphatic carbocycles. The third-order valence-electron chi connectivity index (χ3n) is 6.06. The maximum atomic E-state index is 12.3. The van der Waals surface area contributed by atoms with Crippen LogP contribution < -0.4 is 5.32 Å². The first-order chi connectivity index (χ1) is 16.1. The standard InChI is InChI=1S/C29H41NO3/c1-2-3-4-5-6-7-8-9-10-11-12-13-14-15-16-21-28(31)30-27-23-25-20-18-17-19-24(25)22-26(27)29(32)33/h9-10,17-20,22-23H,2-8,11-16,21H2,1H3,(H,30,31)(H,32,33). The van der Waals surface area contributed by atoms with Gasteiger partial charge in [0.2, 0.25) is 5.91 Å². The van der Waals surface area contributed by atoms with Crippen molar-refractivity contribution < 1.29 is 14.7 Å². The molecule has 0 saturated heterocycles. The summed E-state index contributed by atoms with van der Waals surface area (Å²) < 4.78 is 0. The highest BCUT2D eigenvalue weighted by Gasteiger charge is 2.14. The van der Waals surface area contributed by atoms with Gasteiger partial charge in [0, 0.05) is 6.42 Å². The van der Waals surface area contributed by atoms with E-state index in [-0.39, 0.29) is 11.5 Å². The second kappa shape index (κ2) is 16.1. The van der Waals surface area contributed by atoms with Crippen LogP contribution >= 0.6 is 0 Å². The Morgan fingerprint density at radius 1 is 0.788 bits per heavy atom. The molecule has 4 nitrogen and oxygen atoms in total. The van der Waals surface area contributed by atoms with Crippen molar-refractivity contribution in [1.29, 1.82) is 0 Å². The fraction of sp³-hybridized carbons (Fsp3) is 0.517. The van der Waals surface area contributed by atoms with Crippen LogP contribution in [0.25, 0.3) is 10.8 Å². The molecule has 0 spiro atoms. The molecule has 0 radical (unpaired) electrons. The van der Waals surface area contributed by atoms with Crippen molar-refractivity contribution >= 4 is 28.3 Å². The lowest BCUT2D eigenvalue weighted by molar-refractivity contribution is -0.116. The molecule has 0 unspecified atom stereocenters. The Morgan fingerprint density at radius 2 is 1.33 bits per heavy atom. The number of nitrogens with one attached hydrogen (secondary N) is 1. The Labute approximate surface area is 199 Å². The number of rotatable bonds is 17. The molecular weight excluding hydrogens is 410 g/mol. The van der Waals surface area contributed by atoms with Crippen LogP contribution in [0.15, 0.2) is 48.6 Å². The number of anilines is 1. The molecule has 180 valence electrons. The number of aromatic carboxylic acids is 1. The van der Waals surface area contributed by atoms with Crippen LogP contribution in [0.3, 0.4) is 0 Å². The van der Waals surface area contributed by atoms with Gasteiger partial charge in [0.1, 0.15) is 0 Å². The molecule has 0 atom stereocenters. The summed E-state index contributed by atoms with van der Waals surface area (Å²) in [5.74, 6) is -1.15. The van der Waals surface area contributed by atoms with Crippen molar-refractivity contribution in [3.8, 4) is 0 Å². The largest absolute Gasteiger partial charge is 0.478 e. The first kappa shape index (κ1) is 26.6. The SMILES string of the molecule is CCCCCCCCC=CCCCCCCCC(=O)Nc1cc2ccccc2cc1C(=O)O.